The van der Waals surface area contributed by atoms with Gasteiger partial charge in [0, 0.05) is 33.4 Å². The Morgan fingerprint density at radius 3 is 3.00 bits per heavy atom. The lowest BCUT2D eigenvalue weighted by Gasteiger charge is -2.21. The third kappa shape index (κ3) is 3.25. The second kappa shape index (κ2) is 7.28. The maximum Gasteiger partial charge on any atom is 0.229 e. The highest BCUT2D eigenvalue weighted by atomic mass is 16.5. The van der Waals surface area contributed by atoms with Gasteiger partial charge in [0.15, 0.2) is 11.5 Å². The molecule has 5 heterocycles. The molecule has 10 nitrogen and oxygen atoms in total. The molecule has 5 rings (SSSR count). The zero-order valence-corrected chi connectivity index (χ0v) is 16.5. The first-order valence-corrected chi connectivity index (χ1v) is 9.78. The standard InChI is InChI=1S/C19H23N9O/c1-13-9-16-22-12-23-28(16)11-14(13)24-18-21-10-15-17(25-18)27-6-4-8-29-7-3-5-20-19(27)26(15)2/h9-12H,3-8H2,1-2H3,(H,21,24,25). The number of aryl methyl sites for hydroxylation is 1. The summed E-state index contributed by atoms with van der Waals surface area (Å²) in [6.45, 7) is 5.07. The lowest BCUT2D eigenvalue weighted by Crippen LogP contribution is -2.38. The van der Waals surface area contributed by atoms with Gasteiger partial charge in [0.25, 0.3) is 0 Å². The molecule has 29 heavy (non-hydrogen) atoms. The van der Waals surface area contributed by atoms with Crippen molar-refractivity contribution in [2.75, 3.05) is 48.5 Å². The second-order valence-electron chi connectivity index (χ2n) is 7.17. The zero-order valence-electron chi connectivity index (χ0n) is 16.5. The van der Waals surface area contributed by atoms with Crippen LogP contribution in [0, 0.1) is 6.92 Å². The van der Waals surface area contributed by atoms with E-state index in [4.69, 9.17) is 14.7 Å². The van der Waals surface area contributed by atoms with Gasteiger partial charge in [0.05, 0.1) is 18.1 Å². The van der Waals surface area contributed by atoms with Gasteiger partial charge in [0.1, 0.15) is 12.0 Å². The van der Waals surface area contributed by atoms with Crippen molar-refractivity contribution in [2.45, 2.75) is 19.8 Å². The Kier molecular flexibility index (Phi) is 4.47. The Morgan fingerprint density at radius 2 is 2.07 bits per heavy atom. The predicted octanol–water partition coefficient (Wildman–Crippen LogP) is 1.99. The quantitative estimate of drug-likeness (QED) is 0.706. The fraction of sp³-hybridized carbons (Fsp3) is 0.421. The van der Waals surface area contributed by atoms with Crippen LogP contribution in [0.5, 0.6) is 0 Å². The Hall–Kier alpha value is -3.27. The van der Waals surface area contributed by atoms with E-state index in [0.29, 0.717) is 5.95 Å². The minimum Gasteiger partial charge on any atom is -0.381 e. The molecule has 0 saturated carbocycles. The van der Waals surface area contributed by atoms with Gasteiger partial charge in [-0.25, -0.2) is 14.5 Å². The van der Waals surface area contributed by atoms with Crippen LogP contribution in [0.1, 0.15) is 18.4 Å². The van der Waals surface area contributed by atoms with Crippen LogP contribution in [0.3, 0.4) is 0 Å². The number of aliphatic imine (C=N–C) groups is 1. The summed E-state index contributed by atoms with van der Waals surface area (Å²) in [7, 11) is 2.01. The van der Waals surface area contributed by atoms with Crippen molar-refractivity contribution in [3.8, 4) is 0 Å². The summed E-state index contributed by atoms with van der Waals surface area (Å²) in [6.07, 6.45) is 7.12. The Balaban J connectivity index is 1.48. The number of ether oxygens (including phenoxy) is 1. The molecule has 0 amide bonds. The zero-order chi connectivity index (χ0) is 19.8. The average molecular weight is 393 g/mol. The van der Waals surface area contributed by atoms with Crippen molar-refractivity contribution in [3.05, 3.63) is 30.4 Å². The van der Waals surface area contributed by atoms with E-state index < -0.39 is 0 Å². The number of rotatable bonds is 2. The highest BCUT2D eigenvalue weighted by Crippen LogP contribution is 2.35. The fourth-order valence-corrected chi connectivity index (χ4v) is 3.62. The number of nitrogens with one attached hydrogen (secondary N) is 1. The van der Waals surface area contributed by atoms with Crippen molar-refractivity contribution in [1.82, 2.24) is 24.6 Å². The van der Waals surface area contributed by atoms with Crippen LogP contribution in [-0.4, -0.2) is 63.9 Å². The summed E-state index contributed by atoms with van der Waals surface area (Å²) in [5.41, 5.74) is 3.70. The Morgan fingerprint density at radius 1 is 1.17 bits per heavy atom. The molecule has 0 bridgehead atoms. The van der Waals surface area contributed by atoms with Gasteiger partial charge < -0.3 is 15.0 Å². The Bertz CT molecular complexity index is 1080. The van der Waals surface area contributed by atoms with E-state index in [-0.39, 0.29) is 0 Å². The Labute approximate surface area is 168 Å². The molecule has 0 unspecified atom stereocenters. The van der Waals surface area contributed by atoms with Gasteiger partial charge in [-0.15, -0.1) is 0 Å². The van der Waals surface area contributed by atoms with Crippen LogP contribution in [-0.2, 0) is 4.74 Å². The summed E-state index contributed by atoms with van der Waals surface area (Å²) < 4.78 is 7.38. The van der Waals surface area contributed by atoms with Crippen molar-refractivity contribution >= 4 is 34.7 Å². The van der Waals surface area contributed by atoms with Gasteiger partial charge in [0.2, 0.25) is 11.9 Å². The van der Waals surface area contributed by atoms with E-state index in [0.717, 1.165) is 73.5 Å². The molecule has 0 fully saturated rings. The highest BCUT2D eigenvalue weighted by Gasteiger charge is 2.32. The molecule has 0 saturated heterocycles. The average Bonchev–Trinajstić information content (AvgIpc) is 3.28. The molecule has 3 aromatic rings. The van der Waals surface area contributed by atoms with Gasteiger partial charge in [-0.2, -0.15) is 10.1 Å². The molecule has 3 aromatic heterocycles. The maximum absolute atomic E-state index is 5.65. The van der Waals surface area contributed by atoms with Crippen LogP contribution in [0.25, 0.3) is 5.65 Å². The molecule has 2 aliphatic rings. The van der Waals surface area contributed by atoms with Gasteiger partial charge in [-0.3, -0.25) is 9.89 Å². The number of nitrogens with zero attached hydrogens (tertiary/aromatic N) is 8. The number of hydrogen-bond acceptors (Lipinski definition) is 9. The first kappa shape index (κ1) is 17.8. The molecular weight excluding hydrogens is 370 g/mol. The number of fused-ring (bicyclic) bond motifs is 4. The maximum atomic E-state index is 5.65. The lowest BCUT2D eigenvalue weighted by atomic mass is 10.2. The SMILES string of the molecule is Cc1cc2ncnn2cc1Nc1ncc2c(n1)N1CCCOCCCN=C1N2C. The molecule has 0 aromatic carbocycles. The third-order valence-corrected chi connectivity index (χ3v) is 5.15. The molecule has 10 heteroatoms. The number of anilines is 4. The number of aromatic nitrogens is 5. The summed E-state index contributed by atoms with van der Waals surface area (Å²) in [5.74, 6) is 2.33. The normalized spacial score (nSPS) is 17.1. The number of pyridine rings is 1. The van der Waals surface area contributed by atoms with Crippen LogP contribution in [0.2, 0.25) is 0 Å². The monoisotopic (exact) mass is 393 g/mol. The van der Waals surface area contributed by atoms with Crippen molar-refractivity contribution in [3.63, 3.8) is 0 Å². The summed E-state index contributed by atoms with van der Waals surface area (Å²) >= 11 is 0. The van der Waals surface area contributed by atoms with Gasteiger partial charge in [-0.05, 0) is 31.4 Å². The lowest BCUT2D eigenvalue weighted by molar-refractivity contribution is 0.132. The van der Waals surface area contributed by atoms with E-state index >= 15 is 0 Å². The summed E-state index contributed by atoms with van der Waals surface area (Å²) in [4.78, 5) is 22.6. The molecule has 1 N–H and O–H groups in total. The van der Waals surface area contributed by atoms with E-state index in [9.17, 15) is 0 Å². The molecule has 0 aliphatic carbocycles. The molecule has 150 valence electrons. The van der Waals surface area contributed by atoms with Gasteiger partial charge in [-0.1, -0.05) is 0 Å². The van der Waals surface area contributed by atoms with Crippen LogP contribution in [0.15, 0.2) is 29.8 Å². The minimum absolute atomic E-state index is 0.536. The minimum atomic E-state index is 0.536. The highest BCUT2D eigenvalue weighted by molar-refractivity contribution is 6.14. The number of guanidine groups is 1. The first-order chi connectivity index (χ1) is 14.2. The van der Waals surface area contributed by atoms with Crippen LogP contribution in [0.4, 0.5) is 23.1 Å². The van der Waals surface area contributed by atoms with Gasteiger partial charge >= 0.3 is 0 Å². The fourth-order valence-electron chi connectivity index (χ4n) is 3.62. The van der Waals surface area contributed by atoms with Crippen LogP contribution < -0.4 is 15.1 Å². The third-order valence-electron chi connectivity index (χ3n) is 5.15. The topological polar surface area (TPSA) is 96.1 Å². The van der Waals surface area contributed by atoms with E-state index in [1.807, 2.05) is 32.4 Å². The van der Waals surface area contributed by atoms with Crippen LogP contribution >= 0.6 is 0 Å². The summed E-state index contributed by atoms with van der Waals surface area (Å²) in [5, 5.41) is 7.53. The van der Waals surface area contributed by atoms with Crippen molar-refractivity contribution < 1.29 is 4.74 Å². The van der Waals surface area contributed by atoms with Crippen molar-refractivity contribution in [2.24, 2.45) is 4.99 Å². The molecule has 2 aliphatic heterocycles. The largest absolute Gasteiger partial charge is 0.381 e. The van der Waals surface area contributed by atoms with Crippen molar-refractivity contribution in [1.29, 1.82) is 0 Å². The summed E-state index contributed by atoms with van der Waals surface area (Å²) in [6, 6.07) is 1.98. The first-order valence-electron chi connectivity index (χ1n) is 9.78. The van der Waals surface area contributed by atoms with E-state index in [1.165, 1.54) is 6.33 Å². The molecule has 0 radical (unpaired) electrons. The van der Waals surface area contributed by atoms with E-state index in [1.54, 1.807) is 4.52 Å². The predicted molar refractivity (Wildman–Crippen MR) is 111 cm³/mol. The number of hydrogen-bond donors (Lipinski definition) is 1. The molecule has 0 spiro atoms. The molecule has 0 atom stereocenters. The molecular formula is C19H23N9O. The second-order valence-corrected chi connectivity index (χ2v) is 7.17. The smallest absolute Gasteiger partial charge is 0.229 e. The van der Waals surface area contributed by atoms with E-state index in [2.05, 4.69) is 30.2 Å².